The summed E-state index contributed by atoms with van der Waals surface area (Å²) < 4.78 is 57.0. The van der Waals surface area contributed by atoms with Crippen molar-refractivity contribution in [3.05, 3.63) is 52.3 Å². The number of benzene rings is 2. The van der Waals surface area contributed by atoms with Crippen LogP contribution in [0, 0.1) is 6.92 Å². The number of rotatable bonds is 6. The molecule has 2 atom stereocenters. The summed E-state index contributed by atoms with van der Waals surface area (Å²) in [6, 6.07) is 7.08. The summed E-state index contributed by atoms with van der Waals surface area (Å²) in [5.74, 6) is 1.36. The van der Waals surface area contributed by atoms with Gasteiger partial charge in [0, 0.05) is 17.9 Å². The lowest BCUT2D eigenvalue weighted by molar-refractivity contribution is -0.138. The monoisotopic (exact) mass is 481 g/mol. The van der Waals surface area contributed by atoms with E-state index in [0.29, 0.717) is 47.0 Å². The van der Waals surface area contributed by atoms with Crippen molar-refractivity contribution in [1.29, 1.82) is 0 Å². The number of ether oxygens (including phenoxy) is 3. The van der Waals surface area contributed by atoms with Gasteiger partial charge in [0.1, 0.15) is 11.9 Å². The van der Waals surface area contributed by atoms with Gasteiger partial charge in [-0.25, -0.2) is 9.97 Å². The molecule has 0 aliphatic carbocycles. The van der Waals surface area contributed by atoms with Crippen molar-refractivity contribution in [3.8, 4) is 11.5 Å². The van der Waals surface area contributed by atoms with Crippen molar-refractivity contribution in [2.75, 3.05) is 25.6 Å². The van der Waals surface area contributed by atoms with E-state index in [0.717, 1.165) is 12.5 Å². The van der Waals surface area contributed by atoms with Gasteiger partial charge < -0.3 is 19.5 Å². The van der Waals surface area contributed by atoms with Gasteiger partial charge in [-0.1, -0.05) is 12.1 Å². The first kappa shape index (κ1) is 23.4. The molecular weight excluding hydrogens is 459 g/mol. The van der Waals surface area contributed by atoms with Crippen LogP contribution in [0.1, 0.15) is 36.1 Å². The Morgan fingerprint density at radius 1 is 1.21 bits per heavy atom. The van der Waals surface area contributed by atoms with Gasteiger partial charge >= 0.3 is 6.18 Å². The average Bonchev–Trinajstić information content (AvgIpc) is 3.26. The lowest BCUT2D eigenvalue weighted by Crippen LogP contribution is -2.16. The highest BCUT2D eigenvalue weighted by atomic mass is 35.5. The van der Waals surface area contributed by atoms with Crippen molar-refractivity contribution >= 4 is 28.3 Å². The number of alkyl halides is 3. The van der Waals surface area contributed by atoms with E-state index < -0.39 is 17.8 Å². The minimum Gasteiger partial charge on any atom is -0.493 e. The van der Waals surface area contributed by atoms with Crippen LogP contribution in [0.3, 0.4) is 0 Å². The van der Waals surface area contributed by atoms with E-state index in [4.69, 9.17) is 25.8 Å². The third-order valence-corrected chi connectivity index (χ3v) is 5.81. The van der Waals surface area contributed by atoms with Crippen LogP contribution in [0.4, 0.5) is 19.0 Å². The first-order valence-electron chi connectivity index (χ1n) is 10.4. The molecule has 1 aliphatic heterocycles. The van der Waals surface area contributed by atoms with Crippen molar-refractivity contribution in [2.24, 2.45) is 0 Å². The van der Waals surface area contributed by atoms with E-state index in [1.807, 2.05) is 0 Å². The standard InChI is InChI=1S/C23H23ClF3N3O3/c1-12-15(5-4-6-17(12)23(25,26)27)13(2)28-21-16-9-20(33-14-7-8-32-11-14)19(31-3)10-18(16)29-22(24)30-21/h4-6,9-10,13-14H,7-8,11H2,1-3H3,(H,28,29,30). The number of methoxy groups -OCH3 is 1. The summed E-state index contributed by atoms with van der Waals surface area (Å²) >= 11 is 6.14. The topological polar surface area (TPSA) is 65.5 Å². The quantitative estimate of drug-likeness (QED) is 0.438. The summed E-state index contributed by atoms with van der Waals surface area (Å²) in [6.45, 7) is 4.33. The van der Waals surface area contributed by atoms with Crippen molar-refractivity contribution in [3.63, 3.8) is 0 Å². The smallest absolute Gasteiger partial charge is 0.416 e. The average molecular weight is 482 g/mol. The van der Waals surface area contributed by atoms with Crippen molar-refractivity contribution < 1.29 is 27.4 Å². The van der Waals surface area contributed by atoms with Crippen LogP contribution in [0.25, 0.3) is 10.9 Å². The third kappa shape index (κ3) is 4.94. The molecule has 6 nitrogen and oxygen atoms in total. The van der Waals surface area contributed by atoms with E-state index in [2.05, 4.69) is 15.3 Å². The number of aromatic nitrogens is 2. The Labute approximate surface area is 194 Å². The molecule has 0 spiro atoms. The predicted octanol–water partition coefficient (Wildman–Crippen LogP) is 5.96. The Morgan fingerprint density at radius 2 is 2.00 bits per heavy atom. The van der Waals surface area contributed by atoms with Crippen LogP contribution >= 0.6 is 11.6 Å². The molecule has 33 heavy (non-hydrogen) atoms. The number of nitrogens with one attached hydrogen (secondary N) is 1. The zero-order chi connectivity index (χ0) is 23.8. The highest BCUT2D eigenvalue weighted by Gasteiger charge is 2.33. The molecule has 1 aromatic heterocycles. The summed E-state index contributed by atoms with van der Waals surface area (Å²) in [5.41, 5.74) is 0.498. The van der Waals surface area contributed by atoms with E-state index in [-0.39, 0.29) is 17.0 Å². The predicted molar refractivity (Wildman–Crippen MR) is 119 cm³/mol. The zero-order valence-electron chi connectivity index (χ0n) is 18.3. The molecule has 1 aliphatic rings. The highest BCUT2D eigenvalue weighted by molar-refractivity contribution is 6.28. The number of anilines is 1. The molecular formula is C23H23ClF3N3O3. The summed E-state index contributed by atoms with van der Waals surface area (Å²) in [7, 11) is 1.53. The van der Waals surface area contributed by atoms with Crippen molar-refractivity contribution in [2.45, 2.75) is 38.6 Å². The molecule has 4 rings (SSSR count). The van der Waals surface area contributed by atoms with Gasteiger partial charge in [-0.05, 0) is 48.7 Å². The molecule has 10 heteroatoms. The Kier molecular flexibility index (Phi) is 6.54. The zero-order valence-corrected chi connectivity index (χ0v) is 19.0. The number of hydrogen-bond acceptors (Lipinski definition) is 6. The summed E-state index contributed by atoms with van der Waals surface area (Å²) in [4.78, 5) is 8.56. The molecule has 1 fully saturated rings. The number of nitrogens with zero attached hydrogens (tertiary/aromatic N) is 2. The van der Waals surface area contributed by atoms with Gasteiger partial charge in [-0.3, -0.25) is 0 Å². The Bertz CT molecular complexity index is 1170. The second kappa shape index (κ2) is 9.23. The molecule has 0 radical (unpaired) electrons. The Morgan fingerprint density at radius 3 is 2.67 bits per heavy atom. The molecule has 0 bridgehead atoms. The number of halogens is 4. The maximum absolute atomic E-state index is 13.4. The van der Waals surface area contributed by atoms with Gasteiger partial charge in [0.2, 0.25) is 5.28 Å². The molecule has 1 N–H and O–H groups in total. The van der Waals surface area contributed by atoms with E-state index in [1.165, 1.54) is 20.1 Å². The minimum absolute atomic E-state index is 0.00196. The van der Waals surface area contributed by atoms with Crippen molar-refractivity contribution in [1.82, 2.24) is 9.97 Å². The lowest BCUT2D eigenvalue weighted by atomic mass is 9.97. The Hall–Kier alpha value is -2.78. The van der Waals surface area contributed by atoms with Crippen LogP contribution in [-0.4, -0.2) is 36.4 Å². The first-order chi connectivity index (χ1) is 15.7. The molecule has 1 saturated heterocycles. The second-order valence-corrected chi connectivity index (χ2v) is 8.19. The molecule has 2 unspecified atom stereocenters. The maximum Gasteiger partial charge on any atom is 0.416 e. The van der Waals surface area contributed by atoms with Crippen LogP contribution in [0.2, 0.25) is 5.28 Å². The number of fused-ring (bicyclic) bond motifs is 1. The molecule has 2 aromatic carbocycles. The van der Waals surface area contributed by atoms with Crippen LogP contribution in [0.5, 0.6) is 11.5 Å². The molecule has 0 amide bonds. The van der Waals surface area contributed by atoms with Gasteiger partial charge in [0.05, 0.1) is 37.4 Å². The molecule has 2 heterocycles. The van der Waals surface area contributed by atoms with Gasteiger partial charge in [-0.15, -0.1) is 0 Å². The molecule has 0 saturated carbocycles. The van der Waals surface area contributed by atoms with Gasteiger partial charge in [0.25, 0.3) is 0 Å². The fourth-order valence-electron chi connectivity index (χ4n) is 3.97. The third-order valence-electron chi connectivity index (χ3n) is 5.64. The largest absolute Gasteiger partial charge is 0.493 e. The highest BCUT2D eigenvalue weighted by Crippen LogP contribution is 2.38. The second-order valence-electron chi connectivity index (χ2n) is 7.85. The summed E-state index contributed by atoms with van der Waals surface area (Å²) in [5, 5.41) is 3.80. The van der Waals surface area contributed by atoms with Gasteiger partial charge in [-0.2, -0.15) is 13.2 Å². The van der Waals surface area contributed by atoms with Crippen LogP contribution in [0.15, 0.2) is 30.3 Å². The summed E-state index contributed by atoms with van der Waals surface area (Å²) in [6.07, 6.45) is -3.78. The maximum atomic E-state index is 13.4. The van der Waals surface area contributed by atoms with E-state index in [1.54, 1.807) is 25.1 Å². The molecule has 3 aromatic rings. The SMILES string of the molecule is COc1cc2nc(Cl)nc(NC(C)c3cccc(C(F)(F)F)c3C)c2cc1OC1CCOC1. The van der Waals surface area contributed by atoms with E-state index in [9.17, 15) is 13.2 Å². The fourth-order valence-corrected chi connectivity index (χ4v) is 4.14. The Balaban J connectivity index is 1.73. The van der Waals surface area contributed by atoms with Gasteiger partial charge in [0.15, 0.2) is 11.5 Å². The van der Waals surface area contributed by atoms with E-state index >= 15 is 0 Å². The first-order valence-corrected chi connectivity index (χ1v) is 10.8. The fraction of sp³-hybridized carbons (Fsp3) is 0.391. The minimum atomic E-state index is -4.43. The van der Waals surface area contributed by atoms with Crippen LogP contribution < -0.4 is 14.8 Å². The van der Waals surface area contributed by atoms with Crippen LogP contribution in [-0.2, 0) is 10.9 Å². The normalized spacial score (nSPS) is 17.2. The number of hydrogen-bond donors (Lipinski definition) is 1. The lowest BCUT2D eigenvalue weighted by Gasteiger charge is -2.21. The molecule has 176 valence electrons.